The molecule has 1 aliphatic carbocycles. The number of hydrogen-bond acceptors (Lipinski definition) is 4. The van der Waals surface area contributed by atoms with Crippen molar-refractivity contribution in [3.8, 4) is 0 Å². The van der Waals surface area contributed by atoms with E-state index in [4.69, 9.17) is 5.73 Å². The summed E-state index contributed by atoms with van der Waals surface area (Å²) in [6.45, 7) is 6.63. The first-order chi connectivity index (χ1) is 13.9. The first-order valence-corrected chi connectivity index (χ1v) is 12.5. The van der Waals surface area contributed by atoms with Crippen molar-refractivity contribution in [1.82, 2.24) is 9.80 Å². The van der Waals surface area contributed by atoms with Crippen molar-refractivity contribution in [3.05, 3.63) is 11.0 Å². The van der Waals surface area contributed by atoms with Crippen LogP contribution in [0.4, 0.5) is 0 Å². The topological polar surface area (TPSA) is 66.6 Å². The third-order valence-electron chi connectivity index (χ3n) is 8.04. The van der Waals surface area contributed by atoms with Gasteiger partial charge in [-0.15, -0.1) is 11.8 Å². The van der Waals surface area contributed by atoms with Gasteiger partial charge in [-0.1, -0.05) is 12.8 Å². The van der Waals surface area contributed by atoms with E-state index in [1.807, 2.05) is 25.6 Å². The minimum atomic E-state index is -0.571. The van der Waals surface area contributed by atoms with Crippen LogP contribution >= 0.6 is 11.8 Å². The van der Waals surface area contributed by atoms with Crippen LogP contribution in [0.5, 0.6) is 0 Å². The van der Waals surface area contributed by atoms with Gasteiger partial charge >= 0.3 is 0 Å². The Bertz CT molecular complexity index is 667. The number of fused-ring (bicyclic) bond motifs is 1. The number of carbonyl (C=O) groups is 2. The summed E-state index contributed by atoms with van der Waals surface area (Å²) in [7, 11) is 0. The Kier molecular flexibility index (Phi) is 6.31. The van der Waals surface area contributed by atoms with Gasteiger partial charge in [-0.2, -0.15) is 0 Å². The van der Waals surface area contributed by atoms with Crippen LogP contribution in [-0.4, -0.2) is 58.1 Å². The van der Waals surface area contributed by atoms with Gasteiger partial charge in [-0.05, 0) is 89.1 Å². The third-order valence-corrected chi connectivity index (χ3v) is 9.37. The molecule has 4 rings (SSSR count). The number of primary amides is 1. The van der Waals surface area contributed by atoms with E-state index in [0.29, 0.717) is 23.1 Å². The second-order valence-electron chi connectivity index (χ2n) is 10.0. The van der Waals surface area contributed by atoms with Gasteiger partial charge in [0, 0.05) is 23.4 Å². The van der Waals surface area contributed by atoms with Gasteiger partial charge < -0.3 is 10.6 Å². The highest BCUT2D eigenvalue weighted by molar-refractivity contribution is 8.03. The standard InChI is InChI=1S/C23H37N3O2S/c1-23(2,22(24)28)25-12-9-17(10-13-25)20-14-18(15-29-20)21(27)26-11-5-7-16-6-3-4-8-19(16)26/h15-17,19-20H,3-14H2,1-2H3,(H2,24,28). The Morgan fingerprint density at radius 3 is 2.41 bits per heavy atom. The fourth-order valence-electron chi connectivity index (χ4n) is 5.95. The molecule has 5 nitrogen and oxygen atoms in total. The normalized spacial score (nSPS) is 32.0. The molecule has 0 aromatic rings. The van der Waals surface area contributed by atoms with Crippen molar-refractivity contribution in [1.29, 1.82) is 0 Å². The average Bonchev–Trinajstić information content (AvgIpc) is 3.23. The van der Waals surface area contributed by atoms with Gasteiger partial charge in [0.2, 0.25) is 5.91 Å². The fraction of sp³-hybridized carbons (Fsp3) is 0.826. The van der Waals surface area contributed by atoms with E-state index in [1.54, 1.807) is 0 Å². The Hall–Kier alpha value is -1.01. The third kappa shape index (κ3) is 4.25. The van der Waals surface area contributed by atoms with Gasteiger partial charge in [0.05, 0.1) is 5.54 Å². The van der Waals surface area contributed by atoms with Gasteiger partial charge in [-0.25, -0.2) is 0 Å². The molecule has 3 heterocycles. The lowest BCUT2D eigenvalue weighted by Crippen LogP contribution is -2.56. The minimum absolute atomic E-state index is 0.247. The number of nitrogens with zero attached hydrogens (tertiary/aromatic N) is 2. The number of likely N-dealkylation sites (tertiary alicyclic amines) is 2. The molecule has 0 bridgehead atoms. The largest absolute Gasteiger partial charge is 0.368 e. The van der Waals surface area contributed by atoms with E-state index in [9.17, 15) is 9.59 Å². The monoisotopic (exact) mass is 419 g/mol. The minimum Gasteiger partial charge on any atom is -0.368 e. The first-order valence-electron chi connectivity index (χ1n) is 11.6. The quantitative estimate of drug-likeness (QED) is 0.757. The number of carbonyl (C=O) groups excluding carboxylic acids is 2. The number of hydrogen-bond donors (Lipinski definition) is 1. The van der Waals surface area contributed by atoms with Crippen molar-refractivity contribution >= 4 is 23.6 Å². The van der Waals surface area contributed by atoms with Gasteiger partial charge in [0.1, 0.15) is 0 Å². The zero-order chi connectivity index (χ0) is 20.6. The van der Waals surface area contributed by atoms with Crippen LogP contribution in [0.1, 0.15) is 71.6 Å². The molecule has 0 aromatic heterocycles. The number of rotatable bonds is 4. The molecule has 3 unspecified atom stereocenters. The highest BCUT2D eigenvalue weighted by Gasteiger charge is 2.40. The summed E-state index contributed by atoms with van der Waals surface area (Å²) in [4.78, 5) is 29.5. The Morgan fingerprint density at radius 1 is 1.00 bits per heavy atom. The molecule has 3 fully saturated rings. The van der Waals surface area contributed by atoms with Gasteiger partial charge in [-0.3, -0.25) is 14.5 Å². The second-order valence-corrected chi connectivity index (χ2v) is 11.1. The molecule has 3 atom stereocenters. The van der Waals surface area contributed by atoms with Crippen LogP contribution in [0.15, 0.2) is 11.0 Å². The van der Waals surface area contributed by atoms with Crippen LogP contribution in [0.25, 0.3) is 0 Å². The van der Waals surface area contributed by atoms with E-state index in [2.05, 4.69) is 15.2 Å². The number of amides is 2. The van der Waals surface area contributed by atoms with E-state index in [1.165, 1.54) is 38.5 Å². The molecule has 2 N–H and O–H groups in total. The summed E-state index contributed by atoms with van der Waals surface area (Å²) in [5, 5.41) is 2.68. The first kappa shape index (κ1) is 21.2. The van der Waals surface area contributed by atoms with Gasteiger partial charge in [0.25, 0.3) is 5.91 Å². The van der Waals surface area contributed by atoms with E-state index < -0.39 is 5.54 Å². The van der Waals surface area contributed by atoms with Crippen LogP contribution < -0.4 is 5.73 Å². The second kappa shape index (κ2) is 8.62. The van der Waals surface area contributed by atoms with E-state index in [-0.39, 0.29) is 5.91 Å². The van der Waals surface area contributed by atoms with Crippen LogP contribution in [0.2, 0.25) is 0 Å². The van der Waals surface area contributed by atoms with Crippen LogP contribution in [0, 0.1) is 11.8 Å². The lowest BCUT2D eigenvalue weighted by molar-refractivity contribution is -0.133. The molecule has 1 saturated carbocycles. The predicted octanol–water partition coefficient (Wildman–Crippen LogP) is 3.53. The van der Waals surface area contributed by atoms with Crippen molar-refractivity contribution in [2.45, 2.75) is 88.5 Å². The zero-order valence-corrected chi connectivity index (χ0v) is 18.9. The van der Waals surface area contributed by atoms with Crippen molar-refractivity contribution in [2.75, 3.05) is 19.6 Å². The van der Waals surface area contributed by atoms with Crippen LogP contribution in [-0.2, 0) is 9.59 Å². The molecule has 0 aromatic carbocycles. The fourth-order valence-corrected chi connectivity index (χ4v) is 7.25. The average molecular weight is 420 g/mol. The highest BCUT2D eigenvalue weighted by Crippen LogP contribution is 2.42. The maximum Gasteiger partial charge on any atom is 0.250 e. The smallest absolute Gasteiger partial charge is 0.250 e. The molecule has 6 heteroatoms. The highest BCUT2D eigenvalue weighted by atomic mass is 32.2. The molecule has 3 aliphatic heterocycles. The lowest BCUT2D eigenvalue weighted by atomic mass is 9.78. The molecule has 0 spiro atoms. The maximum absolute atomic E-state index is 13.3. The number of piperidine rings is 2. The predicted molar refractivity (Wildman–Crippen MR) is 118 cm³/mol. The molecule has 0 radical (unpaired) electrons. The summed E-state index contributed by atoms with van der Waals surface area (Å²) in [6.07, 6.45) is 10.7. The summed E-state index contributed by atoms with van der Waals surface area (Å²) >= 11 is 1.87. The summed E-state index contributed by atoms with van der Waals surface area (Å²) in [5.74, 6) is 1.43. The maximum atomic E-state index is 13.3. The molecule has 4 aliphatic rings. The van der Waals surface area contributed by atoms with E-state index >= 15 is 0 Å². The SMILES string of the molecule is CC(C)(C(N)=O)N1CCC(C2CC(C(=O)N3CCCC4CCCCC43)=CS2)CC1. The van der Waals surface area contributed by atoms with Crippen molar-refractivity contribution in [3.63, 3.8) is 0 Å². The molecular formula is C23H37N3O2S. The van der Waals surface area contributed by atoms with Crippen molar-refractivity contribution in [2.24, 2.45) is 17.6 Å². The molecule has 162 valence electrons. The number of thioether (sulfide) groups is 1. The number of nitrogens with two attached hydrogens (primary N) is 1. The summed E-state index contributed by atoms with van der Waals surface area (Å²) in [6, 6.07) is 0.495. The zero-order valence-electron chi connectivity index (χ0n) is 18.1. The molecule has 29 heavy (non-hydrogen) atoms. The Labute approximate surface area is 179 Å². The van der Waals surface area contributed by atoms with E-state index in [0.717, 1.165) is 50.4 Å². The van der Waals surface area contributed by atoms with Crippen LogP contribution in [0.3, 0.4) is 0 Å². The lowest BCUT2D eigenvalue weighted by Gasteiger charge is -2.44. The summed E-state index contributed by atoms with van der Waals surface area (Å²) < 4.78 is 0. The van der Waals surface area contributed by atoms with Crippen molar-refractivity contribution < 1.29 is 9.59 Å². The van der Waals surface area contributed by atoms with Gasteiger partial charge in [0.15, 0.2) is 0 Å². The summed E-state index contributed by atoms with van der Waals surface area (Å²) in [5.41, 5.74) is 6.07. The molecular weight excluding hydrogens is 382 g/mol. The Balaban J connectivity index is 1.31. The molecule has 2 amide bonds. The Morgan fingerprint density at radius 2 is 1.69 bits per heavy atom. The molecule has 2 saturated heterocycles.